The number of nitrogens with zero attached hydrogens (tertiary/aromatic N) is 3. The molecule has 1 atom stereocenters. The molecule has 7 nitrogen and oxygen atoms in total. The van der Waals surface area contributed by atoms with Gasteiger partial charge in [0.2, 0.25) is 0 Å². The number of para-hydroxylation sites is 2. The quantitative estimate of drug-likeness (QED) is 0.178. The fourth-order valence-corrected chi connectivity index (χ4v) is 3.28. The number of allylic oxidation sites excluding steroid dienone is 1. The van der Waals surface area contributed by atoms with Gasteiger partial charge in [-0.05, 0) is 24.3 Å². The highest BCUT2D eigenvalue weighted by atomic mass is 35.5. The molecule has 0 aliphatic heterocycles. The monoisotopic (exact) mass is 480 g/mol. The average molecular weight is 481 g/mol. The summed E-state index contributed by atoms with van der Waals surface area (Å²) in [6.45, 7) is 0. The summed E-state index contributed by atoms with van der Waals surface area (Å²) in [5, 5.41) is 24.9. The SMILES string of the molecule is N#CC(=CNc1ccccc1OC(F)(F)C(F)Cl)c1nc(-c2ccc([N+](=O)[O-])cc2)cs1. The second-order valence-electron chi connectivity index (χ2n) is 6.12. The van der Waals surface area contributed by atoms with E-state index in [0.29, 0.717) is 16.3 Å². The van der Waals surface area contributed by atoms with Crippen molar-refractivity contribution in [1.82, 2.24) is 4.98 Å². The molecule has 0 saturated carbocycles. The van der Waals surface area contributed by atoms with E-state index in [1.165, 1.54) is 54.7 Å². The second kappa shape index (κ2) is 9.67. The van der Waals surface area contributed by atoms with Crippen LogP contribution in [0.5, 0.6) is 5.75 Å². The molecule has 1 N–H and O–H groups in total. The van der Waals surface area contributed by atoms with Gasteiger partial charge in [-0.3, -0.25) is 10.1 Å². The van der Waals surface area contributed by atoms with Crippen molar-refractivity contribution in [3.8, 4) is 23.1 Å². The molecular weight excluding hydrogens is 469 g/mol. The summed E-state index contributed by atoms with van der Waals surface area (Å²) in [4.78, 5) is 14.6. The Hall–Kier alpha value is -3.62. The van der Waals surface area contributed by atoms with E-state index in [9.17, 15) is 28.5 Å². The molecule has 1 heterocycles. The molecule has 1 unspecified atom stereocenters. The third-order valence-corrected chi connectivity index (χ3v) is 5.12. The number of benzene rings is 2. The molecule has 0 spiro atoms. The summed E-state index contributed by atoms with van der Waals surface area (Å²) in [6.07, 6.45) is -3.01. The minimum atomic E-state index is -4.25. The summed E-state index contributed by atoms with van der Waals surface area (Å²) in [5.74, 6) is -0.375. The number of thiazole rings is 1. The molecule has 12 heteroatoms. The number of hydrogen-bond donors (Lipinski definition) is 1. The lowest BCUT2D eigenvalue weighted by Gasteiger charge is -2.19. The third kappa shape index (κ3) is 5.35. The van der Waals surface area contributed by atoms with Crippen LogP contribution >= 0.6 is 22.9 Å². The van der Waals surface area contributed by atoms with E-state index < -0.39 is 16.7 Å². The number of nitro benzene ring substituents is 1. The highest BCUT2D eigenvalue weighted by molar-refractivity contribution is 7.11. The van der Waals surface area contributed by atoms with Gasteiger partial charge in [-0.15, -0.1) is 11.3 Å². The van der Waals surface area contributed by atoms with Crippen LogP contribution in [0.4, 0.5) is 24.5 Å². The second-order valence-corrected chi connectivity index (χ2v) is 7.36. The fourth-order valence-electron chi connectivity index (χ4n) is 2.44. The Morgan fingerprint density at radius 3 is 2.62 bits per heavy atom. The van der Waals surface area contributed by atoms with Crippen LogP contribution in [0.3, 0.4) is 0 Å². The van der Waals surface area contributed by atoms with Crippen molar-refractivity contribution in [2.45, 2.75) is 11.7 Å². The van der Waals surface area contributed by atoms with Crippen LogP contribution in [-0.2, 0) is 0 Å². The lowest BCUT2D eigenvalue weighted by molar-refractivity contribution is -0.384. The van der Waals surface area contributed by atoms with Gasteiger partial charge in [-0.1, -0.05) is 23.7 Å². The van der Waals surface area contributed by atoms with Crippen LogP contribution < -0.4 is 10.1 Å². The van der Waals surface area contributed by atoms with Crippen molar-refractivity contribution >= 4 is 39.9 Å². The number of hydrogen-bond acceptors (Lipinski definition) is 7. The van der Waals surface area contributed by atoms with E-state index >= 15 is 0 Å². The highest BCUT2D eigenvalue weighted by Gasteiger charge is 2.42. The zero-order chi connectivity index (χ0) is 23.3. The summed E-state index contributed by atoms with van der Waals surface area (Å²) < 4.78 is 44.3. The predicted octanol–water partition coefficient (Wildman–Crippen LogP) is 6.20. The Morgan fingerprint density at radius 1 is 1.31 bits per heavy atom. The number of rotatable bonds is 8. The third-order valence-electron chi connectivity index (χ3n) is 3.99. The molecular formula is C20H12ClF3N4O3S. The Kier molecular flexibility index (Phi) is 6.97. The molecule has 164 valence electrons. The number of nitrogens with one attached hydrogen (secondary N) is 1. The van der Waals surface area contributed by atoms with E-state index in [2.05, 4.69) is 15.0 Å². The molecule has 0 saturated heterocycles. The number of alkyl halides is 4. The largest absolute Gasteiger partial charge is 0.444 e. The van der Waals surface area contributed by atoms with E-state index in [1.54, 1.807) is 5.38 Å². The van der Waals surface area contributed by atoms with Gasteiger partial charge in [0.1, 0.15) is 22.4 Å². The lowest BCUT2D eigenvalue weighted by atomic mass is 10.1. The number of nitro groups is 1. The first kappa shape index (κ1) is 23.1. The van der Waals surface area contributed by atoms with Crippen molar-refractivity contribution in [2.75, 3.05) is 5.32 Å². The van der Waals surface area contributed by atoms with Gasteiger partial charge in [-0.2, -0.15) is 14.0 Å². The van der Waals surface area contributed by atoms with Crippen LogP contribution in [0.15, 0.2) is 60.1 Å². The molecule has 0 bridgehead atoms. The van der Waals surface area contributed by atoms with Gasteiger partial charge < -0.3 is 10.1 Å². The van der Waals surface area contributed by atoms with Crippen molar-refractivity contribution in [3.63, 3.8) is 0 Å². The van der Waals surface area contributed by atoms with Crippen LogP contribution in [0.1, 0.15) is 5.01 Å². The van der Waals surface area contributed by atoms with E-state index in [4.69, 9.17) is 11.6 Å². The first-order valence-corrected chi connectivity index (χ1v) is 10.0. The zero-order valence-electron chi connectivity index (χ0n) is 15.8. The molecule has 32 heavy (non-hydrogen) atoms. The predicted molar refractivity (Wildman–Crippen MR) is 114 cm³/mol. The number of anilines is 1. The number of non-ortho nitro benzene ring substituents is 1. The van der Waals surface area contributed by atoms with Crippen LogP contribution in [0, 0.1) is 21.4 Å². The normalized spacial score (nSPS) is 12.7. The summed E-state index contributed by atoms with van der Waals surface area (Å²) in [6, 6.07) is 13.2. The van der Waals surface area contributed by atoms with Crippen LogP contribution in [0.2, 0.25) is 0 Å². The average Bonchev–Trinajstić information content (AvgIpc) is 3.25. The van der Waals surface area contributed by atoms with Crippen molar-refractivity contribution < 1.29 is 22.8 Å². The van der Waals surface area contributed by atoms with Gasteiger partial charge in [0.05, 0.1) is 16.3 Å². The number of nitriles is 1. The van der Waals surface area contributed by atoms with Crippen LogP contribution in [0.25, 0.3) is 16.8 Å². The number of ether oxygens (including phenoxy) is 1. The van der Waals surface area contributed by atoms with Gasteiger partial charge in [0.15, 0.2) is 0 Å². The minimum Gasteiger partial charge on any atom is -0.427 e. The molecule has 0 aliphatic carbocycles. The summed E-state index contributed by atoms with van der Waals surface area (Å²) in [7, 11) is 0. The molecule has 3 rings (SSSR count). The Bertz CT molecular complexity index is 1190. The van der Waals surface area contributed by atoms with Crippen molar-refractivity contribution in [1.29, 1.82) is 5.26 Å². The van der Waals surface area contributed by atoms with E-state index in [-0.39, 0.29) is 22.7 Å². The Balaban J connectivity index is 1.81. The molecule has 0 radical (unpaired) electrons. The summed E-state index contributed by atoms with van der Waals surface area (Å²) >= 11 is 5.97. The minimum absolute atomic E-state index is 0.0457. The molecule has 2 aromatic carbocycles. The standard InChI is InChI=1S/C20H12ClF3N4O3S/c21-19(22)20(23,24)31-17-4-2-1-3-15(17)26-10-13(9-25)18-27-16(11-32-18)12-5-7-14(8-6-12)28(29)30/h1-8,10-11,19,26H. The van der Waals surface area contributed by atoms with Crippen molar-refractivity contribution in [2.24, 2.45) is 0 Å². The molecule has 0 aliphatic rings. The van der Waals surface area contributed by atoms with Crippen molar-refractivity contribution in [3.05, 3.63) is 75.2 Å². The van der Waals surface area contributed by atoms with Crippen LogP contribution in [-0.4, -0.2) is 21.6 Å². The highest BCUT2D eigenvalue weighted by Crippen LogP contribution is 2.34. The van der Waals surface area contributed by atoms with Gasteiger partial charge in [0, 0.05) is 29.3 Å². The van der Waals surface area contributed by atoms with E-state index in [1.807, 2.05) is 6.07 Å². The molecule has 0 fully saturated rings. The maximum Gasteiger partial charge on any atom is 0.444 e. The number of aromatic nitrogens is 1. The molecule has 3 aromatic rings. The number of halogens is 4. The van der Waals surface area contributed by atoms with Gasteiger partial charge in [-0.25, -0.2) is 9.37 Å². The topological polar surface area (TPSA) is 101 Å². The van der Waals surface area contributed by atoms with E-state index in [0.717, 1.165) is 11.3 Å². The maximum atomic E-state index is 13.5. The lowest BCUT2D eigenvalue weighted by Crippen LogP contribution is -2.33. The Labute approximate surface area is 188 Å². The van der Waals surface area contributed by atoms with Gasteiger partial charge in [0.25, 0.3) is 11.3 Å². The molecule has 1 aromatic heterocycles. The fraction of sp³-hybridized carbons (Fsp3) is 0.100. The smallest absolute Gasteiger partial charge is 0.427 e. The Morgan fingerprint density at radius 2 is 2.00 bits per heavy atom. The first-order valence-electron chi connectivity index (χ1n) is 8.73. The first-order chi connectivity index (χ1) is 15.2. The summed E-state index contributed by atoms with van der Waals surface area (Å²) in [5.41, 5.74) is -1.86. The molecule has 0 amide bonds. The maximum absolute atomic E-state index is 13.5. The zero-order valence-corrected chi connectivity index (χ0v) is 17.4. The van der Waals surface area contributed by atoms with Gasteiger partial charge >= 0.3 is 6.11 Å².